The van der Waals surface area contributed by atoms with Crippen molar-refractivity contribution in [1.82, 2.24) is 0 Å². The van der Waals surface area contributed by atoms with Gasteiger partial charge in [0.15, 0.2) is 0 Å². The van der Waals surface area contributed by atoms with E-state index in [4.69, 9.17) is 10.5 Å². The van der Waals surface area contributed by atoms with Crippen LogP contribution in [0.2, 0.25) is 0 Å². The molecule has 20 heavy (non-hydrogen) atoms. The lowest BCUT2D eigenvalue weighted by Crippen LogP contribution is -2.34. The molecule has 4 heteroatoms. The van der Waals surface area contributed by atoms with Crippen molar-refractivity contribution in [2.24, 2.45) is 0 Å². The summed E-state index contributed by atoms with van der Waals surface area (Å²) in [6.45, 7) is 6.61. The van der Waals surface area contributed by atoms with Gasteiger partial charge in [0, 0.05) is 12.1 Å². The van der Waals surface area contributed by atoms with Gasteiger partial charge in [-0.25, -0.2) is 4.79 Å². The minimum Gasteiger partial charge on any atom is -0.462 e. The molecule has 0 amide bonds. The zero-order valence-electron chi connectivity index (χ0n) is 12.6. The van der Waals surface area contributed by atoms with E-state index in [1.807, 2.05) is 13.0 Å². The number of anilines is 2. The van der Waals surface area contributed by atoms with Crippen molar-refractivity contribution in [3.63, 3.8) is 0 Å². The number of rotatable bonds is 4. The van der Waals surface area contributed by atoms with Gasteiger partial charge in [-0.05, 0) is 51.3 Å². The van der Waals surface area contributed by atoms with Crippen molar-refractivity contribution >= 4 is 17.3 Å². The molecule has 2 atom stereocenters. The van der Waals surface area contributed by atoms with Gasteiger partial charge in [-0.15, -0.1) is 0 Å². The van der Waals surface area contributed by atoms with Gasteiger partial charge < -0.3 is 15.4 Å². The zero-order valence-corrected chi connectivity index (χ0v) is 12.6. The molecule has 0 bridgehead atoms. The molecule has 2 N–H and O–H groups in total. The fourth-order valence-electron chi connectivity index (χ4n) is 3.02. The maximum absolute atomic E-state index is 11.9. The third-order valence-corrected chi connectivity index (χ3v) is 4.08. The number of carbonyl (C=O) groups excluding carboxylic acids is 1. The molecule has 0 saturated carbocycles. The number of hydrogen-bond donors (Lipinski definition) is 1. The van der Waals surface area contributed by atoms with Gasteiger partial charge in [0.2, 0.25) is 0 Å². The highest BCUT2D eigenvalue weighted by Gasteiger charge is 2.30. The lowest BCUT2D eigenvalue weighted by atomic mass is 10.1. The SMILES string of the molecule is CCOC(=O)c1ccc(N)c(N2C(C)CCC2CC)c1. The van der Waals surface area contributed by atoms with E-state index in [1.54, 1.807) is 12.1 Å². The van der Waals surface area contributed by atoms with E-state index < -0.39 is 0 Å². The summed E-state index contributed by atoms with van der Waals surface area (Å²) in [7, 11) is 0. The van der Waals surface area contributed by atoms with Crippen molar-refractivity contribution in [3.8, 4) is 0 Å². The summed E-state index contributed by atoms with van der Waals surface area (Å²) in [5, 5.41) is 0. The fraction of sp³-hybridized carbons (Fsp3) is 0.562. The minimum absolute atomic E-state index is 0.284. The molecule has 4 nitrogen and oxygen atoms in total. The number of nitrogens with two attached hydrogens (primary N) is 1. The maximum atomic E-state index is 11.9. The second kappa shape index (κ2) is 6.16. The first-order chi connectivity index (χ1) is 9.58. The van der Waals surface area contributed by atoms with Gasteiger partial charge in [-0.1, -0.05) is 6.92 Å². The Morgan fingerprint density at radius 2 is 2.15 bits per heavy atom. The topological polar surface area (TPSA) is 55.6 Å². The van der Waals surface area contributed by atoms with Crippen molar-refractivity contribution in [2.45, 2.75) is 52.1 Å². The summed E-state index contributed by atoms with van der Waals surface area (Å²) in [6, 6.07) is 6.37. The van der Waals surface area contributed by atoms with E-state index in [0.717, 1.165) is 17.8 Å². The van der Waals surface area contributed by atoms with Gasteiger partial charge in [-0.3, -0.25) is 0 Å². The molecule has 1 aromatic rings. The maximum Gasteiger partial charge on any atom is 0.338 e. The molecule has 2 unspecified atom stereocenters. The molecule has 1 aliphatic heterocycles. The summed E-state index contributed by atoms with van der Waals surface area (Å²) in [6.07, 6.45) is 3.44. The summed E-state index contributed by atoms with van der Waals surface area (Å²) < 4.78 is 5.07. The third kappa shape index (κ3) is 2.74. The van der Waals surface area contributed by atoms with Crippen LogP contribution in [-0.4, -0.2) is 24.7 Å². The van der Waals surface area contributed by atoms with E-state index in [-0.39, 0.29) is 5.97 Å². The number of ether oxygens (including phenoxy) is 1. The summed E-state index contributed by atoms with van der Waals surface area (Å²) in [4.78, 5) is 14.2. The summed E-state index contributed by atoms with van der Waals surface area (Å²) >= 11 is 0. The molecule has 110 valence electrons. The van der Waals surface area contributed by atoms with Crippen LogP contribution in [0.15, 0.2) is 18.2 Å². The van der Waals surface area contributed by atoms with E-state index in [9.17, 15) is 4.79 Å². The first kappa shape index (κ1) is 14.7. The van der Waals surface area contributed by atoms with Crippen LogP contribution in [0.5, 0.6) is 0 Å². The number of carbonyl (C=O) groups is 1. The van der Waals surface area contributed by atoms with Crippen LogP contribution >= 0.6 is 0 Å². The first-order valence-electron chi connectivity index (χ1n) is 7.43. The minimum atomic E-state index is -0.284. The lowest BCUT2D eigenvalue weighted by molar-refractivity contribution is 0.0526. The first-order valence-corrected chi connectivity index (χ1v) is 7.43. The van der Waals surface area contributed by atoms with Gasteiger partial charge in [-0.2, -0.15) is 0 Å². The number of nitrogen functional groups attached to an aromatic ring is 1. The Balaban J connectivity index is 2.35. The highest BCUT2D eigenvalue weighted by Crippen LogP contribution is 2.36. The van der Waals surface area contributed by atoms with Gasteiger partial charge >= 0.3 is 5.97 Å². The molecule has 1 fully saturated rings. The summed E-state index contributed by atoms with van der Waals surface area (Å²) in [5.41, 5.74) is 8.40. The number of benzene rings is 1. The van der Waals surface area contributed by atoms with Crippen LogP contribution in [0, 0.1) is 0 Å². The summed E-state index contributed by atoms with van der Waals surface area (Å²) in [5.74, 6) is -0.284. The van der Waals surface area contributed by atoms with Crippen LogP contribution < -0.4 is 10.6 Å². The predicted molar refractivity (Wildman–Crippen MR) is 82.1 cm³/mol. The largest absolute Gasteiger partial charge is 0.462 e. The molecule has 0 radical (unpaired) electrons. The van der Waals surface area contributed by atoms with Crippen LogP contribution in [0.25, 0.3) is 0 Å². The molecule has 1 aliphatic rings. The predicted octanol–water partition coefficient (Wildman–Crippen LogP) is 3.21. The van der Waals surface area contributed by atoms with E-state index in [0.29, 0.717) is 24.3 Å². The molecule has 0 aliphatic carbocycles. The average Bonchev–Trinajstić information content (AvgIpc) is 2.80. The second-order valence-electron chi connectivity index (χ2n) is 5.39. The average molecular weight is 276 g/mol. The molecule has 2 rings (SSSR count). The number of hydrogen-bond acceptors (Lipinski definition) is 4. The van der Waals surface area contributed by atoms with E-state index in [1.165, 1.54) is 12.8 Å². The number of nitrogens with zero attached hydrogens (tertiary/aromatic N) is 1. The molecule has 1 saturated heterocycles. The van der Waals surface area contributed by atoms with Crippen molar-refractivity contribution in [1.29, 1.82) is 0 Å². The number of esters is 1. The Hall–Kier alpha value is -1.71. The molecule has 1 heterocycles. The Morgan fingerprint density at radius 3 is 2.80 bits per heavy atom. The van der Waals surface area contributed by atoms with Crippen LogP contribution in [0.1, 0.15) is 50.4 Å². The van der Waals surface area contributed by atoms with Crippen molar-refractivity contribution in [3.05, 3.63) is 23.8 Å². The molecular formula is C16H24N2O2. The third-order valence-electron chi connectivity index (χ3n) is 4.08. The van der Waals surface area contributed by atoms with Crippen molar-refractivity contribution in [2.75, 3.05) is 17.2 Å². The van der Waals surface area contributed by atoms with E-state index >= 15 is 0 Å². The quantitative estimate of drug-likeness (QED) is 0.677. The van der Waals surface area contributed by atoms with Crippen LogP contribution in [0.4, 0.5) is 11.4 Å². The molecule has 0 spiro atoms. The monoisotopic (exact) mass is 276 g/mol. The lowest BCUT2D eigenvalue weighted by Gasteiger charge is -2.31. The van der Waals surface area contributed by atoms with Crippen LogP contribution in [-0.2, 0) is 4.74 Å². The molecule has 1 aromatic carbocycles. The Morgan fingerprint density at radius 1 is 1.40 bits per heavy atom. The Labute approximate surface area is 120 Å². The highest BCUT2D eigenvalue weighted by atomic mass is 16.5. The standard InChI is InChI=1S/C16H24N2O2/c1-4-13-8-6-11(3)18(13)15-10-12(7-9-14(15)17)16(19)20-5-2/h7,9-11,13H,4-6,8,17H2,1-3H3. The Kier molecular flexibility index (Phi) is 4.53. The van der Waals surface area contributed by atoms with E-state index in [2.05, 4.69) is 18.7 Å². The molecular weight excluding hydrogens is 252 g/mol. The second-order valence-corrected chi connectivity index (χ2v) is 5.39. The smallest absolute Gasteiger partial charge is 0.338 e. The normalized spacial score (nSPS) is 22.1. The van der Waals surface area contributed by atoms with Gasteiger partial charge in [0.25, 0.3) is 0 Å². The Bertz CT molecular complexity index is 487. The van der Waals surface area contributed by atoms with Crippen LogP contribution in [0.3, 0.4) is 0 Å². The van der Waals surface area contributed by atoms with Crippen molar-refractivity contribution < 1.29 is 9.53 Å². The molecule has 0 aromatic heterocycles. The zero-order chi connectivity index (χ0) is 14.7. The fourth-order valence-corrected chi connectivity index (χ4v) is 3.02. The van der Waals surface area contributed by atoms with Gasteiger partial charge in [0.05, 0.1) is 23.5 Å². The highest BCUT2D eigenvalue weighted by molar-refractivity contribution is 5.92. The van der Waals surface area contributed by atoms with Gasteiger partial charge in [0.1, 0.15) is 0 Å².